The molecule has 1 unspecified atom stereocenters. The number of aliphatic imine (C=N–C) groups is 1. The van der Waals surface area contributed by atoms with Crippen molar-refractivity contribution >= 4 is 11.5 Å². The summed E-state index contributed by atoms with van der Waals surface area (Å²) in [7, 11) is 0. The van der Waals surface area contributed by atoms with Gasteiger partial charge in [0.25, 0.3) is 5.60 Å². The van der Waals surface area contributed by atoms with Gasteiger partial charge in [-0.2, -0.15) is 36.6 Å². The van der Waals surface area contributed by atoms with E-state index in [9.17, 15) is 26.3 Å². The summed E-state index contributed by atoms with van der Waals surface area (Å²) in [6.45, 7) is 3.42. The summed E-state index contributed by atoms with van der Waals surface area (Å²) in [5.74, 6) is 0.327. The Kier molecular flexibility index (Phi) is 6.42. The van der Waals surface area contributed by atoms with Crippen molar-refractivity contribution < 1.29 is 35.6 Å². The quantitative estimate of drug-likeness (QED) is 0.221. The van der Waals surface area contributed by atoms with Gasteiger partial charge in [0.2, 0.25) is 6.19 Å². The first-order chi connectivity index (χ1) is 17.2. The highest BCUT2D eigenvalue weighted by Gasteiger charge is 2.62. The number of amidine groups is 1. The van der Waals surface area contributed by atoms with Gasteiger partial charge in [-0.3, -0.25) is 4.98 Å². The lowest BCUT2D eigenvalue weighted by Crippen LogP contribution is -2.60. The van der Waals surface area contributed by atoms with Crippen LogP contribution in [0.1, 0.15) is 42.7 Å². The molecule has 3 heterocycles. The molecule has 4 rings (SSSR count). The van der Waals surface area contributed by atoms with Gasteiger partial charge in [0.1, 0.15) is 5.84 Å². The summed E-state index contributed by atoms with van der Waals surface area (Å²) in [4.78, 5) is 14.2. The Morgan fingerprint density at radius 3 is 2.38 bits per heavy atom. The first kappa shape index (κ1) is 26.4. The van der Waals surface area contributed by atoms with Crippen LogP contribution < -0.4 is 0 Å². The maximum Gasteiger partial charge on any atom is 0.435 e. The fourth-order valence-corrected chi connectivity index (χ4v) is 4.33. The minimum Gasteiger partial charge on any atom is -0.374 e. The summed E-state index contributed by atoms with van der Waals surface area (Å²) in [6, 6.07) is 5.47. The number of likely N-dealkylation sites (tertiary alicyclic amines) is 1. The molecule has 13 heteroatoms. The third-order valence-electron chi connectivity index (χ3n) is 6.29. The molecule has 1 saturated heterocycles. The molecule has 2 aliphatic heterocycles. The number of hydrogen-bond acceptors (Lipinski definition) is 5. The second-order valence-electron chi connectivity index (χ2n) is 9.19. The van der Waals surface area contributed by atoms with Crippen molar-refractivity contribution in [2.45, 2.75) is 43.9 Å². The van der Waals surface area contributed by atoms with Crippen molar-refractivity contribution in [3.05, 3.63) is 65.0 Å². The number of pyridine rings is 1. The first-order valence-corrected chi connectivity index (χ1v) is 11.1. The molecule has 1 atom stereocenters. The number of oxime groups is 1. The molecule has 0 amide bonds. The standard InChI is InChI=1S/C24H20F7N5O/c1-14(2)20(34-13-32)36-11-21(25,12-36)19-7-6-15(10-33-19)18-9-22(37-35-18,24(29,30)31)16-4-3-5-17(8-16)23(26,27)28/h3-8,10,14H,9,11-12H2,1-2H3. The monoisotopic (exact) mass is 527 g/mol. The normalized spacial score (nSPS) is 21.8. The van der Waals surface area contributed by atoms with Gasteiger partial charge in [-0.05, 0) is 24.3 Å². The molecule has 1 aromatic heterocycles. The fourth-order valence-electron chi connectivity index (χ4n) is 4.33. The number of nitriles is 1. The lowest BCUT2D eigenvalue weighted by atomic mass is 9.85. The van der Waals surface area contributed by atoms with E-state index in [1.807, 2.05) is 13.8 Å². The van der Waals surface area contributed by atoms with Crippen LogP contribution in [-0.2, 0) is 22.3 Å². The van der Waals surface area contributed by atoms with E-state index in [-0.39, 0.29) is 36.0 Å². The summed E-state index contributed by atoms with van der Waals surface area (Å²) >= 11 is 0. The zero-order valence-electron chi connectivity index (χ0n) is 19.5. The zero-order valence-corrected chi connectivity index (χ0v) is 19.5. The number of benzene rings is 1. The Hall–Kier alpha value is -3.69. The lowest BCUT2D eigenvalue weighted by Gasteiger charge is -2.46. The molecule has 0 saturated carbocycles. The van der Waals surface area contributed by atoms with E-state index >= 15 is 4.39 Å². The molecule has 2 aliphatic rings. The minimum absolute atomic E-state index is 0.0343. The van der Waals surface area contributed by atoms with Crippen LogP contribution in [0, 0.1) is 17.4 Å². The second kappa shape index (κ2) is 9.00. The molecule has 0 aliphatic carbocycles. The highest BCUT2D eigenvalue weighted by molar-refractivity contribution is 6.01. The zero-order chi connectivity index (χ0) is 27.2. The SMILES string of the molecule is CC(C)C(=NC#N)N1CC(F)(c2ccc(C3=NOC(c4cccc(C(F)(F)F)c4)(C(F)(F)F)C3)cn2)C1. The van der Waals surface area contributed by atoms with Crippen LogP contribution >= 0.6 is 0 Å². The van der Waals surface area contributed by atoms with Crippen molar-refractivity contribution in [2.75, 3.05) is 13.1 Å². The molecular formula is C24H20F7N5O. The van der Waals surface area contributed by atoms with Crippen LogP contribution in [0.2, 0.25) is 0 Å². The summed E-state index contributed by atoms with van der Waals surface area (Å²) in [6.07, 6.45) is -7.99. The maximum atomic E-state index is 15.4. The molecule has 37 heavy (non-hydrogen) atoms. The molecule has 0 N–H and O–H groups in total. The fraction of sp³-hybridized carbons (Fsp3) is 0.417. The predicted molar refractivity (Wildman–Crippen MR) is 118 cm³/mol. The van der Waals surface area contributed by atoms with Crippen molar-refractivity contribution in [3.63, 3.8) is 0 Å². The maximum absolute atomic E-state index is 15.4. The molecule has 1 aromatic carbocycles. The molecule has 196 valence electrons. The summed E-state index contributed by atoms with van der Waals surface area (Å²) < 4.78 is 97.1. The van der Waals surface area contributed by atoms with Gasteiger partial charge in [-0.15, -0.1) is 0 Å². The van der Waals surface area contributed by atoms with Gasteiger partial charge in [0.05, 0.1) is 36.5 Å². The van der Waals surface area contributed by atoms with E-state index in [0.717, 1.165) is 18.3 Å². The Labute approximate surface area is 207 Å². The van der Waals surface area contributed by atoms with Crippen molar-refractivity contribution in [2.24, 2.45) is 16.1 Å². The number of rotatable bonds is 4. The Bertz CT molecular complexity index is 1270. The highest BCUT2D eigenvalue weighted by Crippen LogP contribution is 2.49. The number of aromatic nitrogens is 1. The van der Waals surface area contributed by atoms with Crippen molar-refractivity contribution in [1.82, 2.24) is 9.88 Å². The summed E-state index contributed by atoms with van der Waals surface area (Å²) in [5.41, 5.74) is -7.02. The number of alkyl halides is 7. The van der Waals surface area contributed by atoms with Crippen LogP contribution in [0.15, 0.2) is 52.7 Å². The number of hydrogen-bond donors (Lipinski definition) is 0. The topological polar surface area (TPSA) is 73.9 Å². The molecule has 1 fully saturated rings. The predicted octanol–water partition coefficient (Wildman–Crippen LogP) is 5.70. The Morgan fingerprint density at radius 2 is 1.84 bits per heavy atom. The molecule has 0 bridgehead atoms. The van der Waals surface area contributed by atoms with E-state index < -0.39 is 41.2 Å². The molecule has 2 aromatic rings. The average Bonchev–Trinajstić information content (AvgIpc) is 3.27. The van der Waals surface area contributed by atoms with Gasteiger partial charge in [0, 0.05) is 23.2 Å². The van der Waals surface area contributed by atoms with Gasteiger partial charge in [0.15, 0.2) is 5.67 Å². The number of halogens is 7. The van der Waals surface area contributed by atoms with Gasteiger partial charge >= 0.3 is 12.4 Å². The molecule has 6 nitrogen and oxygen atoms in total. The molecular weight excluding hydrogens is 507 g/mol. The van der Waals surface area contributed by atoms with Gasteiger partial charge in [-0.1, -0.05) is 31.1 Å². The van der Waals surface area contributed by atoms with E-state index in [1.165, 1.54) is 12.1 Å². The first-order valence-electron chi connectivity index (χ1n) is 11.1. The van der Waals surface area contributed by atoms with E-state index in [4.69, 9.17) is 10.1 Å². The smallest absolute Gasteiger partial charge is 0.374 e. The van der Waals surface area contributed by atoms with Crippen LogP contribution in [0.5, 0.6) is 0 Å². The minimum atomic E-state index is -5.09. The van der Waals surface area contributed by atoms with Crippen LogP contribution in [0.25, 0.3) is 0 Å². The Balaban J connectivity index is 1.55. The average molecular weight is 527 g/mol. The number of nitrogens with zero attached hydrogens (tertiary/aromatic N) is 5. The van der Waals surface area contributed by atoms with Crippen molar-refractivity contribution in [3.8, 4) is 6.19 Å². The van der Waals surface area contributed by atoms with Crippen LogP contribution in [0.3, 0.4) is 0 Å². The van der Waals surface area contributed by atoms with Crippen molar-refractivity contribution in [1.29, 1.82) is 5.26 Å². The van der Waals surface area contributed by atoms with Gasteiger partial charge < -0.3 is 9.74 Å². The third-order valence-corrected chi connectivity index (χ3v) is 6.29. The van der Waals surface area contributed by atoms with E-state index in [2.05, 4.69) is 15.1 Å². The van der Waals surface area contributed by atoms with Crippen LogP contribution in [-0.4, -0.2) is 40.7 Å². The van der Waals surface area contributed by atoms with Gasteiger partial charge in [-0.25, -0.2) is 4.39 Å². The lowest BCUT2D eigenvalue weighted by molar-refractivity contribution is -0.276. The third kappa shape index (κ3) is 4.72. The molecule has 0 spiro atoms. The summed E-state index contributed by atoms with van der Waals surface area (Å²) in [5, 5.41) is 12.4. The van der Waals surface area contributed by atoms with Crippen LogP contribution in [0.4, 0.5) is 30.7 Å². The Morgan fingerprint density at radius 1 is 1.14 bits per heavy atom. The van der Waals surface area contributed by atoms with E-state index in [0.29, 0.717) is 18.0 Å². The largest absolute Gasteiger partial charge is 0.435 e. The molecule has 0 radical (unpaired) electrons. The van der Waals surface area contributed by atoms with E-state index in [1.54, 1.807) is 11.1 Å². The second-order valence-corrected chi connectivity index (χ2v) is 9.19. The highest BCUT2D eigenvalue weighted by atomic mass is 19.4.